The Hall–Kier alpha value is -7.04. The average molecular weight is 668 g/mol. The molecule has 0 saturated heterocycles. The zero-order valence-electron chi connectivity index (χ0n) is 27.9. The fraction of sp³-hybridized carbons (Fsp3) is 0. The highest BCUT2D eigenvalue weighted by molar-refractivity contribution is 6.25. The molecule has 0 fully saturated rings. The minimum absolute atomic E-state index is 0.861. The van der Waals surface area contributed by atoms with E-state index in [1.807, 2.05) is 36.4 Å². The van der Waals surface area contributed by atoms with Gasteiger partial charge < -0.3 is 18.2 Å². The molecule has 0 aliphatic heterocycles. The molecule has 0 radical (unpaired) electrons. The molecule has 0 unspecified atom stereocenters. The standard InChI is InChI=1S/C48H29NO3/c1-2-8-34(9-3-1)49(35-20-14-30(15-21-35)32-18-24-38-37-10-4-6-12-41(37)51-45(38)28-32)36-22-16-31(17-23-36)33-19-25-40-46(29-33)52-44-27-26-43-47(48(40)44)39-11-5-7-13-42(39)50-43/h1-29H. The van der Waals surface area contributed by atoms with Crippen LogP contribution in [0.3, 0.4) is 0 Å². The van der Waals surface area contributed by atoms with Crippen molar-refractivity contribution in [3.05, 3.63) is 176 Å². The Morgan fingerprint density at radius 1 is 0.269 bits per heavy atom. The molecular weight excluding hydrogens is 639 g/mol. The monoisotopic (exact) mass is 667 g/mol. The minimum Gasteiger partial charge on any atom is -0.456 e. The number of rotatable bonds is 5. The second-order valence-corrected chi connectivity index (χ2v) is 13.3. The number of hydrogen-bond donors (Lipinski definition) is 0. The molecule has 11 rings (SSSR count). The van der Waals surface area contributed by atoms with Crippen molar-refractivity contribution in [3.8, 4) is 22.3 Å². The van der Waals surface area contributed by atoms with Crippen molar-refractivity contribution in [1.29, 1.82) is 0 Å². The first-order valence-electron chi connectivity index (χ1n) is 17.5. The molecule has 244 valence electrons. The van der Waals surface area contributed by atoms with Crippen molar-refractivity contribution in [1.82, 2.24) is 0 Å². The van der Waals surface area contributed by atoms with Crippen molar-refractivity contribution in [2.24, 2.45) is 0 Å². The summed E-state index contributed by atoms with van der Waals surface area (Å²) >= 11 is 0. The summed E-state index contributed by atoms with van der Waals surface area (Å²) in [6, 6.07) is 61.4. The van der Waals surface area contributed by atoms with Crippen LogP contribution < -0.4 is 4.90 Å². The fourth-order valence-electron chi connectivity index (χ4n) is 7.80. The number of hydrogen-bond acceptors (Lipinski definition) is 4. The van der Waals surface area contributed by atoms with Crippen molar-refractivity contribution in [2.75, 3.05) is 4.90 Å². The highest BCUT2D eigenvalue weighted by Crippen LogP contribution is 2.42. The van der Waals surface area contributed by atoms with E-state index in [9.17, 15) is 0 Å². The van der Waals surface area contributed by atoms with E-state index in [4.69, 9.17) is 13.3 Å². The molecule has 0 aliphatic carbocycles. The second kappa shape index (κ2) is 11.2. The van der Waals surface area contributed by atoms with Gasteiger partial charge in [0.15, 0.2) is 0 Å². The first-order chi connectivity index (χ1) is 25.7. The third-order valence-electron chi connectivity index (χ3n) is 10.3. The number of anilines is 3. The molecule has 52 heavy (non-hydrogen) atoms. The topological polar surface area (TPSA) is 42.7 Å². The van der Waals surface area contributed by atoms with E-state index in [0.29, 0.717) is 0 Å². The third-order valence-corrected chi connectivity index (χ3v) is 10.3. The highest BCUT2D eigenvalue weighted by Gasteiger charge is 2.18. The van der Waals surface area contributed by atoms with E-state index in [0.717, 1.165) is 105 Å². The van der Waals surface area contributed by atoms with Gasteiger partial charge >= 0.3 is 0 Å². The fourth-order valence-corrected chi connectivity index (χ4v) is 7.80. The van der Waals surface area contributed by atoms with Crippen molar-refractivity contribution >= 4 is 82.9 Å². The Bertz CT molecular complexity index is 3110. The molecule has 3 heterocycles. The summed E-state index contributed by atoms with van der Waals surface area (Å²) < 4.78 is 18.8. The van der Waals surface area contributed by atoms with Gasteiger partial charge in [0, 0.05) is 49.4 Å². The van der Waals surface area contributed by atoms with Gasteiger partial charge in [-0.2, -0.15) is 0 Å². The van der Waals surface area contributed by atoms with Gasteiger partial charge in [-0.3, -0.25) is 0 Å². The van der Waals surface area contributed by atoms with Gasteiger partial charge in [-0.1, -0.05) is 91.0 Å². The zero-order valence-corrected chi connectivity index (χ0v) is 27.9. The van der Waals surface area contributed by atoms with Crippen LogP contribution >= 0.6 is 0 Å². The van der Waals surface area contributed by atoms with Crippen LogP contribution in [-0.2, 0) is 0 Å². The Kier molecular flexibility index (Phi) is 6.22. The first-order valence-corrected chi connectivity index (χ1v) is 17.5. The third kappa shape index (κ3) is 4.48. The summed E-state index contributed by atoms with van der Waals surface area (Å²) in [5.41, 5.74) is 13.0. The van der Waals surface area contributed by atoms with E-state index in [2.05, 4.69) is 144 Å². The van der Waals surface area contributed by atoms with Gasteiger partial charge in [0.25, 0.3) is 0 Å². The Morgan fingerprint density at radius 3 is 1.31 bits per heavy atom. The van der Waals surface area contributed by atoms with Crippen LogP contribution in [0.2, 0.25) is 0 Å². The zero-order chi connectivity index (χ0) is 34.2. The summed E-state index contributed by atoms with van der Waals surface area (Å²) in [4.78, 5) is 2.29. The lowest BCUT2D eigenvalue weighted by molar-refractivity contribution is 0.663. The number of benzene rings is 8. The van der Waals surface area contributed by atoms with E-state index in [1.54, 1.807) is 0 Å². The highest BCUT2D eigenvalue weighted by atomic mass is 16.3. The largest absolute Gasteiger partial charge is 0.456 e. The molecule has 3 aromatic heterocycles. The van der Waals surface area contributed by atoms with Crippen LogP contribution in [0.5, 0.6) is 0 Å². The van der Waals surface area contributed by atoms with Crippen LogP contribution in [0.25, 0.3) is 88.1 Å². The van der Waals surface area contributed by atoms with E-state index in [1.165, 1.54) is 0 Å². The van der Waals surface area contributed by atoms with Crippen LogP contribution in [0.15, 0.2) is 189 Å². The summed E-state index contributed by atoms with van der Waals surface area (Å²) in [5, 5.41) is 6.67. The first kappa shape index (κ1) is 28.8. The summed E-state index contributed by atoms with van der Waals surface area (Å²) in [6.45, 7) is 0. The Morgan fingerprint density at radius 2 is 0.673 bits per heavy atom. The lowest BCUT2D eigenvalue weighted by Gasteiger charge is -2.26. The number of fused-ring (bicyclic) bond motifs is 10. The van der Waals surface area contributed by atoms with E-state index >= 15 is 0 Å². The summed E-state index contributed by atoms with van der Waals surface area (Å²) in [6.07, 6.45) is 0. The summed E-state index contributed by atoms with van der Waals surface area (Å²) in [5.74, 6) is 0. The summed E-state index contributed by atoms with van der Waals surface area (Å²) in [7, 11) is 0. The number of furan rings is 3. The molecule has 4 heteroatoms. The lowest BCUT2D eigenvalue weighted by atomic mass is 10.0. The molecule has 0 bridgehead atoms. The predicted octanol–water partition coefficient (Wildman–Crippen LogP) is 14.2. The lowest BCUT2D eigenvalue weighted by Crippen LogP contribution is -2.09. The van der Waals surface area contributed by atoms with Gasteiger partial charge in [-0.15, -0.1) is 0 Å². The SMILES string of the molecule is c1ccc(N(c2ccc(-c3ccc4c(c3)oc3ccccc34)cc2)c2ccc(-c3ccc4c(c3)oc3ccc5oc6ccccc6c5c34)cc2)cc1. The Balaban J connectivity index is 0.941. The smallest absolute Gasteiger partial charge is 0.136 e. The normalized spacial score (nSPS) is 11.8. The molecule has 0 spiro atoms. The van der Waals surface area contributed by atoms with Crippen LogP contribution in [-0.4, -0.2) is 0 Å². The Labute approximate surface area is 298 Å². The molecule has 8 aromatic carbocycles. The van der Waals surface area contributed by atoms with Crippen LogP contribution in [0.4, 0.5) is 17.1 Å². The van der Waals surface area contributed by atoms with Crippen LogP contribution in [0, 0.1) is 0 Å². The molecular formula is C48H29NO3. The van der Waals surface area contributed by atoms with Gasteiger partial charge in [0.05, 0.1) is 0 Å². The van der Waals surface area contributed by atoms with Crippen molar-refractivity contribution in [3.63, 3.8) is 0 Å². The molecule has 0 amide bonds. The predicted molar refractivity (Wildman–Crippen MR) is 214 cm³/mol. The molecule has 0 N–H and O–H groups in total. The molecule has 0 saturated carbocycles. The van der Waals surface area contributed by atoms with Gasteiger partial charge in [0.2, 0.25) is 0 Å². The van der Waals surface area contributed by atoms with Gasteiger partial charge in [0.1, 0.15) is 33.5 Å². The van der Waals surface area contributed by atoms with Crippen molar-refractivity contribution in [2.45, 2.75) is 0 Å². The molecule has 4 nitrogen and oxygen atoms in total. The maximum Gasteiger partial charge on any atom is 0.136 e. The molecule has 0 atom stereocenters. The number of nitrogens with zero attached hydrogens (tertiary/aromatic N) is 1. The minimum atomic E-state index is 0.861. The maximum atomic E-state index is 6.44. The van der Waals surface area contributed by atoms with E-state index < -0.39 is 0 Å². The quantitative estimate of drug-likeness (QED) is 0.183. The van der Waals surface area contributed by atoms with Gasteiger partial charge in [-0.25, -0.2) is 0 Å². The maximum absolute atomic E-state index is 6.44. The number of para-hydroxylation sites is 3. The average Bonchev–Trinajstić information content (AvgIpc) is 3.89. The van der Waals surface area contributed by atoms with Crippen molar-refractivity contribution < 1.29 is 13.3 Å². The molecule has 11 aromatic rings. The van der Waals surface area contributed by atoms with E-state index in [-0.39, 0.29) is 0 Å². The van der Waals surface area contributed by atoms with Crippen LogP contribution in [0.1, 0.15) is 0 Å². The second-order valence-electron chi connectivity index (χ2n) is 13.3. The van der Waals surface area contributed by atoms with Gasteiger partial charge in [-0.05, 0) is 107 Å². The molecule has 0 aliphatic rings.